The van der Waals surface area contributed by atoms with Crippen molar-refractivity contribution in [2.24, 2.45) is 0 Å². The third-order valence-electron chi connectivity index (χ3n) is 10.8. The summed E-state index contributed by atoms with van der Waals surface area (Å²) < 4.78 is 17.3. The van der Waals surface area contributed by atoms with Crippen molar-refractivity contribution in [3.63, 3.8) is 0 Å². The SMILES string of the molecule is CC/C=C\C/C=C\C/C=C\CCCCCC(=O)OCC(COCCCCCCCCCCCCCCCCCCCC)OC(=O)CCCCCCC/C=C\CCCC. The lowest BCUT2D eigenvalue weighted by Gasteiger charge is -2.18. The third kappa shape index (κ3) is 46.5. The average Bonchev–Trinajstić information content (AvgIpc) is 3.22. The van der Waals surface area contributed by atoms with E-state index in [-0.39, 0.29) is 25.2 Å². The molecule has 5 heteroatoms. The normalized spacial score (nSPS) is 12.5. The number of hydrogen-bond donors (Lipinski definition) is 0. The zero-order chi connectivity index (χ0) is 42.1. The molecule has 0 bridgehead atoms. The van der Waals surface area contributed by atoms with Gasteiger partial charge in [-0.2, -0.15) is 0 Å². The Balaban J connectivity index is 4.23. The third-order valence-corrected chi connectivity index (χ3v) is 10.8. The number of ether oxygens (including phenoxy) is 3. The summed E-state index contributed by atoms with van der Waals surface area (Å²) in [4.78, 5) is 25.3. The van der Waals surface area contributed by atoms with Crippen molar-refractivity contribution >= 4 is 11.9 Å². The Morgan fingerprint density at radius 2 is 0.793 bits per heavy atom. The Labute approximate surface area is 361 Å². The van der Waals surface area contributed by atoms with Gasteiger partial charge in [-0.3, -0.25) is 9.59 Å². The van der Waals surface area contributed by atoms with E-state index in [4.69, 9.17) is 14.2 Å². The molecule has 0 heterocycles. The molecule has 0 saturated carbocycles. The summed E-state index contributed by atoms with van der Waals surface area (Å²) in [5, 5.41) is 0. The predicted octanol–water partition coefficient (Wildman–Crippen LogP) is 16.8. The fourth-order valence-electron chi connectivity index (χ4n) is 7.09. The van der Waals surface area contributed by atoms with Crippen LogP contribution in [-0.4, -0.2) is 37.9 Å². The van der Waals surface area contributed by atoms with E-state index in [1.54, 1.807) is 0 Å². The van der Waals surface area contributed by atoms with Crippen LogP contribution in [0.25, 0.3) is 0 Å². The fourth-order valence-corrected chi connectivity index (χ4v) is 7.09. The maximum absolute atomic E-state index is 12.7. The van der Waals surface area contributed by atoms with Crippen LogP contribution in [0.5, 0.6) is 0 Å². The van der Waals surface area contributed by atoms with Gasteiger partial charge in [0.15, 0.2) is 6.10 Å². The maximum Gasteiger partial charge on any atom is 0.306 e. The highest BCUT2D eigenvalue weighted by Gasteiger charge is 2.17. The largest absolute Gasteiger partial charge is 0.462 e. The van der Waals surface area contributed by atoms with Gasteiger partial charge in [0, 0.05) is 19.4 Å². The first-order valence-electron chi connectivity index (χ1n) is 25.2. The van der Waals surface area contributed by atoms with Gasteiger partial charge in [0.25, 0.3) is 0 Å². The van der Waals surface area contributed by atoms with Crippen LogP contribution in [0.15, 0.2) is 48.6 Å². The van der Waals surface area contributed by atoms with Crippen molar-refractivity contribution < 1.29 is 23.8 Å². The number of hydrogen-bond acceptors (Lipinski definition) is 5. The molecule has 0 aromatic carbocycles. The van der Waals surface area contributed by atoms with Gasteiger partial charge < -0.3 is 14.2 Å². The smallest absolute Gasteiger partial charge is 0.306 e. The van der Waals surface area contributed by atoms with Gasteiger partial charge in [-0.05, 0) is 70.6 Å². The number of unbranched alkanes of at least 4 members (excludes halogenated alkanes) is 27. The quantitative estimate of drug-likeness (QED) is 0.0348. The first-order valence-corrected chi connectivity index (χ1v) is 25.2. The van der Waals surface area contributed by atoms with Crippen LogP contribution < -0.4 is 0 Å². The van der Waals surface area contributed by atoms with Crippen LogP contribution in [0.3, 0.4) is 0 Å². The molecule has 1 unspecified atom stereocenters. The average molecular weight is 813 g/mol. The van der Waals surface area contributed by atoms with Crippen LogP contribution in [0.2, 0.25) is 0 Å². The first-order chi connectivity index (χ1) is 28.6. The molecule has 1 atom stereocenters. The molecule has 0 aromatic rings. The molecule has 0 rings (SSSR count). The first kappa shape index (κ1) is 55.9. The van der Waals surface area contributed by atoms with Crippen molar-refractivity contribution in [3.05, 3.63) is 48.6 Å². The van der Waals surface area contributed by atoms with Crippen LogP contribution in [-0.2, 0) is 23.8 Å². The van der Waals surface area contributed by atoms with Gasteiger partial charge in [0.2, 0.25) is 0 Å². The van der Waals surface area contributed by atoms with Gasteiger partial charge >= 0.3 is 11.9 Å². The standard InChI is InChI=1S/C53H96O5/c1-4-7-10-13-16-19-22-24-25-26-27-28-30-33-36-39-42-45-48-56-49-51(58-53(55)47-44-41-38-35-31-21-18-15-12-9-6-3)50-57-52(54)46-43-40-37-34-32-29-23-20-17-14-11-8-5-2/h8,11,15,17-18,20,29,32,51H,4-7,9-10,12-14,16,19,21-28,30-31,33-50H2,1-3H3/b11-8-,18-15-,20-17-,32-29-. The number of carbonyl (C=O) groups excluding carboxylic acids is 2. The Hall–Kier alpha value is -2.14. The Kier molecular flexibility index (Phi) is 47.4. The van der Waals surface area contributed by atoms with Crippen molar-refractivity contribution in [1.82, 2.24) is 0 Å². The molecule has 0 aliphatic heterocycles. The molecule has 0 amide bonds. The fraction of sp³-hybridized carbons (Fsp3) is 0.811. The van der Waals surface area contributed by atoms with Crippen molar-refractivity contribution in [2.45, 2.75) is 258 Å². The van der Waals surface area contributed by atoms with E-state index in [9.17, 15) is 9.59 Å². The summed E-state index contributed by atoms with van der Waals surface area (Å²) in [5.74, 6) is -0.434. The van der Waals surface area contributed by atoms with E-state index >= 15 is 0 Å². The summed E-state index contributed by atoms with van der Waals surface area (Å²) >= 11 is 0. The zero-order valence-electron chi connectivity index (χ0n) is 38.8. The molecule has 0 aliphatic carbocycles. The molecule has 0 aromatic heterocycles. The Morgan fingerprint density at radius 1 is 0.397 bits per heavy atom. The van der Waals surface area contributed by atoms with Gasteiger partial charge in [-0.1, -0.05) is 217 Å². The van der Waals surface area contributed by atoms with Crippen LogP contribution >= 0.6 is 0 Å². The molecule has 0 radical (unpaired) electrons. The monoisotopic (exact) mass is 813 g/mol. The van der Waals surface area contributed by atoms with E-state index in [0.29, 0.717) is 19.4 Å². The topological polar surface area (TPSA) is 61.8 Å². The maximum atomic E-state index is 12.7. The second-order valence-electron chi connectivity index (χ2n) is 16.7. The highest BCUT2D eigenvalue weighted by Crippen LogP contribution is 2.15. The minimum Gasteiger partial charge on any atom is -0.462 e. The molecular formula is C53H96O5. The van der Waals surface area contributed by atoms with Crippen molar-refractivity contribution in [1.29, 1.82) is 0 Å². The number of allylic oxidation sites excluding steroid dienone is 8. The highest BCUT2D eigenvalue weighted by atomic mass is 16.6. The lowest BCUT2D eigenvalue weighted by molar-refractivity contribution is -0.163. The van der Waals surface area contributed by atoms with Crippen LogP contribution in [0.4, 0.5) is 0 Å². The highest BCUT2D eigenvalue weighted by molar-refractivity contribution is 5.70. The predicted molar refractivity (Wildman–Crippen MR) is 251 cm³/mol. The summed E-state index contributed by atoms with van der Waals surface area (Å²) in [6.45, 7) is 7.67. The van der Waals surface area contributed by atoms with Crippen LogP contribution in [0.1, 0.15) is 252 Å². The lowest BCUT2D eigenvalue weighted by Crippen LogP contribution is -2.30. The molecular weight excluding hydrogens is 717 g/mol. The van der Waals surface area contributed by atoms with Gasteiger partial charge in [0.05, 0.1) is 6.61 Å². The molecule has 58 heavy (non-hydrogen) atoms. The second-order valence-corrected chi connectivity index (χ2v) is 16.7. The van der Waals surface area contributed by atoms with Crippen LogP contribution in [0, 0.1) is 0 Å². The number of carbonyl (C=O) groups is 2. The summed E-state index contributed by atoms with van der Waals surface area (Å²) in [6, 6.07) is 0. The minimum atomic E-state index is -0.548. The van der Waals surface area contributed by atoms with E-state index in [1.807, 2.05) is 0 Å². The van der Waals surface area contributed by atoms with E-state index in [2.05, 4.69) is 69.4 Å². The van der Waals surface area contributed by atoms with Crippen molar-refractivity contribution in [3.8, 4) is 0 Å². The van der Waals surface area contributed by atoms with E-state index in [0.717, 1.165) is 83.5 Å². The van der Waals surface area contributed by atoms with Crippen molar-refractivity contribution in [2.75, 3.05) is 19.8 Å². The molecule has 0 fully saturated rings. The molecule has 0 N–H and O–H groups in total. The second kappa shape index (κ2) is 49.2. The minimum absolute atomic E-state index is 0.0694. The molecule has 0 saturated heterocycles. The zero-order valence-corrected chi connectivity index (χ0v) is 38.8. The molecule has 0 aliphatic rings. The Morgan fingerprint density at radius 3 is 1.33 bits per heavy atom. The van der Waals surface area contributed by atoms with Gasteiger partial charge in [0.1, 0.15) is 6.61 Å². The molecule has 338 valence electrons. The van der Waals surface area contributed by atoms with E-state index in [1.165, 1.54) is 135 Å². The summed E-state index contributed by atoms with van der Waals surface area (Å²) in [6.07, 6.45) is 59.8. The van der Waals surface area contributed by atoms with Gasteiger partial charge in [-0.15, -0.1) is 0 Å². The Bertz CT molecular complexity index is 966. The van der Waals surface area contributed by atoms with Gasteiger partial charge in [-0.25, -0.2) is 0 Å². The molecule has 0 spiro atoms. The number of rotatable bonds is 46. The lowest BCUT2D eigenvalue weighted by atomic mass is 10.0. The number of esters is 2. The van der Waals surface area contributed by atoms with E-state index < -0.39 is 6.10 Å². The summed E-state index contributed by atoms with van der Waals surface area (Å²) in [5.41, 5.74) is 0. The molecule has 5 nitrogen and oxygen atoms in total. The summed E-state index contributed by atoms with van der Waals surface area (Å²) in [7, 11) is 0.